The molecule has 10 heavy (non-hydrogen) atoms. The zero-order chi connectivity index (χ0) is 7.56. The second-order valence-corrected chi connectivity index (χ2v) is 2.12. The fraction of sp³-hybridized carbons (Fsp3) is 0.500. The highest BCUT2D eigenvalue weighted by molar-refractivity contribution is 5.56. The van der Waals surface area contributed by atoms with Gasteiger partial charge >= 0.3 is 0 Å². The Bertz CT molecular complexity index is 216. The van der Waals surface area contributed by atoms with Gasteiger partial charge in [-0.15, -0.1) is 0 Å². The van der Waals surface area contributed by atoms with Crippen molar-refractivity contribution in [1.29, 1.82) is 0 Å². The van der Waals surface area contributed by atoms with Crippen molar-refractivity contribution in [2.24, 2.45) is 7.05 Å². The number of rotatable bonds is 2. The molecule has 0 saturated heterocycles. The number of hydrogen-bond donors (Lipinski definition) is 2. The Hall–Kier alpha value is -1.19. The van der Waals surface area contributed by atoms with Crippen LogP contribution in [0.25, 0.3) is 0 Å². The summed E-state index contributed by atoms with van der Waals surface area (Å²) < 4.78 is 1.78. The minimum atomic E-state index is 0.682. The Morgan fingerprint density at radius 2 is 2.50 bits per heavy atom. The molecule has 0 aliphatic rings. The van der Waals surface area contributed by atoms with Gasteiger partial charge in [-0.2, -0.15) is 0 Å². The molecule has 4 heteroatoms. The third kappa shape index (κ3) is 1.05. The number of nitrogens with zero attached hydrogens (tertiary/aromatic N) is 2. The van der Waals surface area contributed by atoms with Gasteiger partial charge in [0.2, 0.25) is 0 Å². The summed E-state index contributed by atoms with van der Waals surface area (Å²) >= 11 is 0. The third-order valence-electron chi connectivity index (χ3n) is 1.33. The summed E-state index contributed by atoms with van der Waals surface area (Å²) in [5, 5.41) is 3.04. The van der Waals surface area contributed by atoms with Crippen molar-refractivity contribution in [3.8, 4) is 0 Å². The van der Waals surface area contributed by atoms with Gasteiger partial charge in [0.1, 0.15) is 5.82 Å². The van der Waals surface area contributed by atoms with Crippen molar-refractivity contribution in [3.63, 3.8) is 0 Å². The molecule has 56 valence electrons. The molecule has 0 saturated carbocycles. The summed E-state index contributed by atoms with van der Waals surface area (Å²) in [5.74, 6) is 1.45. The first-order valence-corrected chi connectivity index (χ1v) is 3.26. The van der Waals surface area contributed by atoms with E-state index < -0.39 is 0 Å². The van der Waals surface area contributed by atoms with Gasteiger partial charge in [0, 0.05) is 13.6 Å². The lowest BCUT2D eigenvalue weighted by Gasteiger charge is -1.99. The number of anilines is 2. The van der Waals surface area contributed by atoms with Gasteiger partial charge in [-0.3, -0.25) is 0 Å². The van der Waals surface area contributed by atoms with E-state index in [9.17, 15) is 0 Å². The zero-order valence-corrected chi connectivity index (χ0v) is 6.26. The van der Waals surface area contributed by atoms with Crippen molar-refractivity contribution in [2.45, 2.75) is 6.92 Å². The van der Waals surface area contributed by atoms with Gasteiger partial charge < -0.3 is 15.6 Å². The van der Waals surface area contributed by atoms with Crippen LogP contribution >= 0.6 is 0 Å². The molecule has 0 atom stereocenters. The minimum absolute atomic E-state index is 0.682. The monoisotopic (exact) mass is 140 g/mol. The van der Waals surface area contributed by atoms with Crippen LogP contribution in [0.3, 0.4) is 0 Å². The summed E-state index contributed by atoms with van der Waals surface area (Å²) in [6.45, 7) is 2.86. The quantitative estimate of drug-likeness (QED) is 0.626. The highest BCUT2D eigenvalue weighted by atomic mass is 15.2. The first-order valence-electron chi connectivity index (χ1n) is 3.26. The van der Waals surface area contributed by atoms with Crippen molar-refractivity contribution in [2.75, 3.05) is 17.6 Å². The van der Waals surface area contributed by atoms with Crippen molar-refractivity contribution in [3.05, 3.63) is 6.33 Å². The second-order valence-electron chi connectivity index (χ2n) is 2.12. The molecule has 0 aliphatic heterocycles. The Balaban J connectivity index is 2.83. The topological polar surface area (TPSA) is 55.9 Å². The molecule has 4 nitrogen and oxygen atoms in total. The van der Waals surface area contributed by atoms with Crippen LogP contribution in [0.4, 0.5) is 11.6 Å². The fourth-order valence-electron chi connectivity index (χ4n) is 0.743. The first kappa shape index (κ1) is 6.92. The third-order valence-corrected chi connectivity index (χ3v) is 1.33. The van der Waals surface area contributed by atoms with Crippen LogP contribution in [0, 0.1) is 0 Å². The molecular weight excluding hydrogens is 128 g/mol. The Morgan fingerprint density at radius 1 is 1.80 bits per heavy atom. The molecule has 1 heterocycles. The van der Waals surface area contributed by atoms with Crippen molar-refractivity contribution in [1.82, 2.24) is 9.55 Å². The van der Waals surface area contributed by atoms with E-state index in [1.807, 2.05) is 14.0 Å². The molecule has 1 aromatic heterocycles. The lowest BCUT2D eigenvalue weighted by molar-refractivity contribution is 0.925. The van der Waals surface area contributed by atoms with Crippen LogP contribution < -0.4 is 11.1 Å². The van der Waals surface area contributed by atoms with E-state index in [-0.39, 0.29) is 0 Å². The molecule has 3 N–H and O–H groups in total. The molecule has 0 bridgehead atoms. The molecule has 1 rings (SSSR count). The molecular formula is C6H12N4. The maximum Gasteiger partial charge on any atom is 0.168 e. The van der Waals surface area contributed by atoms with Gasteiger partial charge in [0.05, 0.1) is 6.33 Å². The SMILES string of the molecule is CCNc1ncn(C)c1N. The molecule has 0 aliphatic carbocycles. The van der Waals surface area contributed by atoms with Gasteiger partial charge in [-0.05, 0) is 6.92 Å². The summed E-state index contributed by atoms with van der Waals surface area (Å²) in [6, 6.07) is 0. The van der Waals surface area contributed by atoms with E-state index in [0.29, 0.717) is 5.82 Å². The van der Waals surface area contributed by atoms with E-state index in [0.717, 1.165) is 12.4 Å². The summed E-state index contributed by atoms with van der Waals surface area (Å²) in [5.41, 5.74) is 5.63. The van der Waals surface area contributed by atoms with Crippen LogP contribution in [-0.2, 0) is 7.05 Å². The van der Waals surface area contributed by atoms with Crippen molar-refractivity contribution < 1.29 is 0 Å². The molecule has 0 unspecified atom stereocenters. The number of hydrogen-bond acceptors (Lipinski definition) is 3. The average molecular weight is 140 g/mol. The fourth-order valence-corrected chi connectivity index (χ4v) is 0.743. The van der Waals surface area contributed by atoms with Gasteiger partial charge in [0.25, 0.3) is 0 Å². The van der Waals surface area contributed by atoms with E-state index in [1.54, 1.807) is 10.9 Å². The smallest absolute Gasteiger partial charge is 0.168 e. The van der Waals surface area contributed by atoms with E-state index in [4.69, 9.17) is 5.73 Å². The van der Waals surface area contributed by atoms with Crippen LogP contribution in [0.5, 0.6) is 0 Å². The zero-order valence-electron chi connectivity index (χ0n) is 6.26. The number of imidazole rings is 1. The highest BCUT2D eigenvalue weighted by Crippen LogP contribution is 2.12. The Labute approximate surface area is 60.1 Å². The van der Waals surface area contributed by atoms with Gasteiger partial charge in [-0.25, -0.2) is 4.98 Å². The number of nitrogens with one attached hydrogen (secondary N) is 1. The van der Waals surface area contributed by atoms with Crippen LogP contribution in [0.1, 0.15) is 6.92 Å². The van der Waals surface area contributed by atoms with Crippen LogP contribution in [0.15, 0.2) is 6.33 Å². The molecule has 0 aromatic carbocycles. The normalized spacial score (nSPS) is 9.80. The highest BCUT2D eigenvalue weighted by Gasteiger charge is 2.00. The molecule has 0 fully saturated rings. The van der Waals surface area contributed by atoms with Gasteiger partial charge in [0.15, 0.2) is 5.82 Å². The standard InChI is InChI=1S/C6H12N4/c1-3-8-6-5(7)10(2)4-9-6/h4,8H,3,7H2,1-2H3. The Morgan fingerprint density at radius 3 is 2.90 bits per heavy atom. The van der Waals surface area contributed by atoms with Crippen LogP contribution in [0.2, 0.25) is 0 Å². The average Bonchev–Trinajstić information content (AvgIpc) is 2.20. The number of aryl methyl sites for hydroxylation is 1. The molecule has 0 radical (unpaired) electrons. The number of nitrogen functional groups attached to an aromatic ring is 1. The number of nitrogens with two attached hydrogens (primary N) is 1. The maximum atomic E-state index is 5.63. The molecule has 0 amide bonds. The van der Waals surface area contributed by atoms with Gasteiger partial charge in [-0.1, -0.05) is 0 Å². The van der Waals surface area contributed by atoms with E-state index >= 15 is 0 Å². The van der Waals surface area contributed by atoms with E-state index in [1.165, 1.54) is 0 Å². The summed E-state index contributed by atoms with van der Waals surface area (Å²) in [6.07, 6.45) is 1.69. The maximum absolute atomic E-state index is 5.63. The predicted octanol–water partition coefficient (Wildman–Crippen LogP) is 0.434. The summed E-state index contributed by atoms with van der Waals surface area (Å²) in [4.78, 5) is 4.03. The number of aromatic nitrogens is 2. The largest absolute Gasteiger partial charge is 0.382 e. The first-order chi connectivity index (χ1) is 4.75. The molecule has 1 aromatic rings. The van der Waals surface area contributed by atoms with Crippen LogP contribution in [-0.4, -0.2) is 16.1 Å². The second kappa shape index (κ2) is 2.60. The van der Waals surface area contributed by atoms with E-state index in [2.05, 4.69) is 10.3 Å². The molecule has 0 spiro atoms. The predicted molar refractivity (Wildman–Crippen MR) is 41.8 cm³/mol. The van der Waals surface area contributed by atoms with Crippen molar-refractivity contribution >= 4 is 11.6 Å². The minimum Gasteiger partial charge on any atom is -0.382 e. The summed E-state index contributed by atoms with van der Waals surface area (Å²) in [7, 11) is 1.86. The Kier molecular flexibility index (Phi) is 1.80. The lowest BCUT2D eigenvalue weighted by atomic mass is 10.6. The lowest BCUT2D eigenvalue weighted by Crippen LogP contribution is -2.02.